The van der Waals surface area contributed by atoms with Crippen molar-refractivity contribution in [3.8, 4) is 0 Å². The van der Waals surface area contributed by atoms with Crippen molar-refractivity contribution in [1.82, 2.24) is 0 Å². The van der Waals surface area contributed by atoms with Crippen molar-refractivity contribution in [3.63, 3.8) is 0 Å². The molecule has 0 aromatic heterocycles. The van der Waals surface area contributed by atoms with Gasteiger partial charge in [0.1, 0.15) is 0 Å². The van der Waals surface area contributed by atoms with Crippen LogP contribution in [0, 0.1) is 13.8 Å². The fourth-order valence-electron chi connectivity index (χ4n) is 2.32. The molecule has 0 saturated carbocycles. The first-order valence-electron chi connectivity index (χ1n) is 6.25. The Kier molecular flexibility index (Phi) is 3.58. The minimum absolute atomic E-state index is 0.0959. The van der Waals surface area contributed by atoms with E-state index in [4.69, 9.17) is 0 Å². The summed E-state index contributed by atoms with van der Waals surface area (Å²) >= 11 is 0. The summed E-state index contributed by atoms with van der Waals surface area (Å²) in [5.41, 5.74) is 2.40. The summed E-state index contributed by atoms with van der Waals surface area (Å²) in [5, 5.41) is 0. The van der Waals surface area contributed by atoms with Crippen molar-refractivity contribution >= 4 is 17.4 Å². The molecule has 1 aliphatic heterocycles. The number of carbonyl (C=O) groups is 2. The number of Topliss-reactive ketones (excluding diaryl/α,β-unsaturated/α-hetero) is 1. The van der Waals surface area contributed by atoms with Gasteiger partial charge in [-0.2, -0.15) is 13.2 Å². The molecule has 6 heteroatoms. The predicted octanol–water partition coefficient (Wildman–Crippen LogP) is 3.18. The SMILES string of the molecule is Cc1ccc2c(c1C)N(CCCC(F)(F)F)C(=O)C2=O. The van der Waals surface area contributed by atoms with Gasteiger partial charge in [-0.15, -0.1) is 0 Å². The first-order valence-corrected chi connectivity index (χ1v) is 6.25. The Morgan fingerprint density at radius 1 is 1.15 bits per heavy atom. The predicted molar refractivity (Wildman–Crippen MR) is 67.9 cm³/mol. The summed E-state index contributed by atoms with van der Waals surface area (Å²) in [4.78, 5) is 24.9. The number of anilines is 1. The van der Waals surface area contributed by atoms with Crippen LogP contribution in [0.15, 0.2) is 12.1 Å². The van der Waals surface area contributed by atoms with Gasteiger partial charge in [-0.25, -0.2) is 0 Å². The molecule has 0 radical (unpaired) electrons. The third kappa shape index (κ3) is 2.55. The molecule has 0 saturated heterocycles. The first-order chi connectivity index (χ1) is 9.22. The number of halogens is 3. The lowest BCUT2D eigenvalue weighted by Gasteiger charge is -2.19. The zero-order chi connectivity index (χ0) is 15.1. The molecule has 0 N–H and O–H groups in total. The van der Waals surface area contributed by atoms with Gasteiger partial charge < -0.3 is 4.90 Å². The summed E-state index contributed by atoms with van der Waals surface area (Å²) in [6.07, 6.45) is -5.43. The molecule has 3 nitrogen and oxygen atoms in total. The third-order valence-corrected chi connectivity index (χ3v) is 3.50. The average Bonchev–Trinajstić information content (AvgIpc) is 2.58. The van der Waals surface area contributed by atoms with E-state index in [1.165, 1.54) is 4.90 Å². The summed E-state index contributed by atoms with van der Waals surface area (Å²) in [5.74, 6) is -1.38. The fraction of sp³-hybridized carbons (Fsp3) is 0.429. The molecule has 0 atom stereocenters. The first kappa shape index (κ1) is 14.6. The van der Waals surface area contributed by atoms with Crippen LogP contribution in [-0.2, 0) is 4.79 Å². The van der Waals surface area contributed by atoms with E-state index >= 15 is 0 Å². The highest BCUT2D eigenvalue weighted by Crippen LogP contribution is 2.34. The maximum Gasteiger partial charge on any atom is 0.389 e. The van der Waals surface area contributed by atoms with E-state index in [0.29, 0.717) is 5.69 Å². The number of rotatable bonds is 3. The molecule has 0 spiro atoms. The van der Waals surface area contributed by atoms with E-state index in [9.17, 15) is 22.8 Å². The molecule has 1 aromatic carbocycles. The highest BCUT2D eigenvalue weighted by molar-refractivity contribution is 6.52. The molecule has 20 heavy (non-hydrogen) atoms. The van der Waals surface area contributed by atoms with Crippen molar-refractivity contribution < 1.29 is 22.8 Å². The van der Waals surface area contributed by atoms with Gasteiger partial charge in [0, 0.05) is 13.0 Å². The highest BCUT2D eigenvalue weighted by atomic mass is 19.4. The summed E-state index contributed by atoms with van der Waals surface area (Å²) in [7, 11) is 0. The van der Waals surface area contributed by atoms with Crippen molar-refractivity contribution in [2.75, 3.05) is 11.4 Å². The van der Waals surface area contributed by atoms with Crippen LogP contribution in [0.2, 0.25) is 0 Å². The molecule has 0 unspecified atom stereocenters. The Hall–Kier alpha value is -1.85. The lowest BCUT2D eigenvalue weighted by molar-refractivity contribution is -0.135. The lowest BCUT2D eigenvalue weighted by atomic mass is 10.0. The van der Waals surface area contributed by atoms with E-state index in [1.807, 2.05) is 6.92 Å². The maximum absolute atomic E-state index is 12.2. The monoisotopic (exact) mass is 285 g/mol. The van der Waals surface area contributed by atoms with Crippen molar-refractivity contribution in [2.24, 2.45) is 0 Å². The summed E-state index contributed by atoms with van der Waals surface area (Å²) in [6.45, 7) is 3.50. The Balaban J connectivity index is 2.26. The topological polar surface area (TPSA) is 37.4 Å². The van der Waals surface area contributed by atoms with Crippen molar-refractivity contribution in [2.45, 2.75) is 32.9 Å². The van der Waals surface area contributed by atoms with Gasteiger partial charge in [0.15, 0.2) is 0 Å². The van der Waals surface area contributed by atoms with Gasteiger partial charge in [0.2, 0.25) is 0 Å². The van der Waals surface area contributed by atoms with Crippen LogP contribution in [0.25, 0.3) is 0 Å². The second kappa shape index (κ2) is 4.92. The Labute approximate surface area is 114 Å². The molecule has 1 aliphatic rings. The molecule has 1 aromatic rings. The minimum Gasteiger partial charge on any atom is -0.304 e. The summed E-state index contributed by atoms with van der Waals surface area (Å²) in [6, 6.07) is 3.29. The third-order valence-electron chi connectivity index (χ3n) is 3.50. The molecule has 0 bridgehead atoms. The number of nitrogens with zero attached hydrogens (tertiary/aromatic N) is 1. The van der Waals surface area contributed by atoms with Crippen LogP contribution in [0.1, 0.15) is 34.3 Å². The van der Waals surface area contributed by atoms with Crippen LogP contribution < -0.4 is 4.90 Å². The number of hydrogen-bond acceptors (Lipinski definition) is 2. The Bertz CT molecular complexity index is 579. The molecule has 2 rings (SSSR count). The fourth-order valence-corrected chi connectivity index (χ4v) is 2.32. The molecule has 108 valence electrons. The molecule has 0 fully saturated rings. The van der Waals surface area contributed by atoms with E-state index < -0.39 is 24.3 Å². The number of ketones is 1. The minimum atomic E-state index is -4.25. The number of hydrogen-bond donors (Lipinski definition) is 0. The number of alkyl halides is 3. The number of aryl methyl sites for hydroxylation is 1. The smallest absolute Gasteiger partial charge is 0.304 e. The molecule has 1 amide bonds. The standard InChI is InChI=1S/C14H14F3NO2/c1-8-4-5-10-11(9(8)2)18(13(20)12(10)19)7-3-6-14(15,16)17/h4-5H,3,6-7H2,1-2H3. The van der Waals surface area contributed by atoms with Gasteiger partial charge in [-0.05, 0) is 37.5 Å². The average molecular weight is 285 g/mol. The quantitative estimate of drug-likeness (QED) is 0.800. The normalized spacial score (nSPS) is 14.9. The van der Waals surface area contributed by atoms with E-state index in [2.05, 4.69) is 0 Å². The number of fused-ring (bicyclic) bond motifs is 1. The number of amides is 1. The van der Waals surface area contributed by atoms with Gasteiger partial charge in [-0.1, -0.05) is 6.07 Å². The Morgan fingerprint density at radius 2 is 1.80 bits per heavy atom. The van der Waals surface area contributed by atoms with Crippen molar-refractivity contribution in [3.05, 3.63) is 28.8 Å². The Morgan fingerprint density at radius 3 is 2.40 bits per heavy atom. The second-order valence-electron chi connectivity index (χ2n) is 4.91. The zero-order valence-electron chi connectivity index (χ0n) is 11.2. The van der Waals surface area contributed by atoms with E-state index in [1.54, 1.807) is 19.1 Å². The highest BCUT2D eigenvalue weighted by Gasteiger charge is 2.37. The zero-order valence-corrected chi connectivity index (χ0v) is 11.2. The van der Waals surface area contributed by atoms with Crippen molar-refractivity contribution in [1.29, 1.82) is 0 Å². The molecule has 0 aliphatic carbocycles. The lowest BCUT2D eigenvalue weighted by Crippen LogP contribution is -2.31. The van der Waals surface area contributed by atoms with E-state index in [0.717, 1.165) is 11.1 Å². The van der Waals surface area contributed by atoms with Gasteiger partial charge in [-0.3, -0.25) is 9.59 Å². The molecule has 1 heterocycles. The van der Waals surface area contributed by atoms with Crippen LogP contribution in [-0.4, -0.2) is 24.4 Å². The number of benzene rings is 1. The largest absolute Gasteiger partial charge is 0.389 e. The molecular weight excluding hydrogens is 271 g/mol. The van der Waals surface area contributed by atoms with Crippen LogP contribution in [0.3, 0.4) is 0 Å². The van der Waals surface area contributed by atoms with Gasteiger partial charge in [0.25, 0.3) is 11.7 Å². The van der Waals surface area contributed by atoms with E-state index in [-0.39, 0.29) is 18.5 Å². The van der Waals surface area contributed by atoms with Gasteiger partial charge in [0.05, 0.1) is 11.3 Å². The molecular formula is C14H14F3NO2. The van der Waals surface area contributed by atoms with Crippen LogP contribution in [0.4, 0.5) is 18.9 Å². The van der Waals surface area contributed by atoms with Gasteiger partial charge >= 0.3 is 6.18 Å². The maximum atomic E-state index is 12.2. The van der Waals surface area contributed by atoms with Crippen LogP contribution >= 0.6 is 0 Å². The summed E-state index contributed by atoms with van der Waals surface area (Å²) < 4.78 is 36.5. The second-order valence-corrected chi connectivity index (χ2v) is 4.91. The number of carbonyl (C=O) groups excluding carboxylic acids is 2. The van der Waals surface area contributed by atoms with Crippen LogP contribution in [0.5, 0.6) is 0 Å².